The quantitative estimate of drug-likeness (QED) is 0.199. The van der Waals surface area contributed by atoms with Crippen molar-refractivity contribution >= 4 is 52.5 Å². The fraction of sp³-hybridized carbons (Fsp3) is 0.317. The molecule has 1 aromatic heterocycles. The molecule has 3 aliphatic heterocycles. The van der Waals surface area contributed by atoms with Gasteiger partial charge in [0.15, 0.2) is 13.9 Å². The van der Waals surface area contributed by atoms with Gasteiger partial charge in [-0.2, -0.15) is 9.78 Å². The normalized spacial score (nSPS) is 23.8. The Kier molecular flexibility index (Phi) is 9.01. The van der Waals surface area contributed by atoms with E-state index in [1.54, 1.807) is 22.1 Å². The topological polar surface area (TPSA) is 125 Å². The fourth-order valence-corrected chi connectivity index (χ4v) is 11.9. The van der Waals surface area contributed by atoms with Gasteiger partial charge in [0, 0.05) is 33.4 Å². The van der Waals surface area contributed by atoms with Gasteiger partial charge in [-0.1, -0.05) is 77.5 Å². The number of ether oxygens (including phenoxy) is 1. The third kappa shape index (κ3) is 5.97. The molecule has 1 spiro atoms. The van der Waals surface area contributed by atoms with E-state index < -0.39 is 31.5 Å². The number of nitrogens with zero attached hydrogens (tertiary/aromatic N) is 4. The smallest absolute Gasteiger partial charge is 0.279 e. The lowest BCUT2D eigenvalue weighted by atomic mass is 9.82. The zero-order valence-electron chi connectivity index (χ0n) is 29.8. The lowest BCUT2D eigenvalue weighted by molar-refractivity contribution is -0.151. The Bertz CT molecular complexity index is 2310. The van der Waals surface area contributed by atoms with Crippen LogP contribution in [0.25, 0.3) is 16.5 Å². The van der Waals surface area contributed by atoms with Crippen molar-refractivity contribution in [1.82, 2.24) is 14.7 Å². The van der Waals surface area contributed by atoms with Crippen molar-refractivity contribution in [3.05, 3.63) is 134 Å². The Morgan fingerprint density at radius 1 is 1.00 bits per heavy atom. The third-order valence-corrected chi connectivity index (χ3v) is 14.4. The maximum atomic E-state index is 14.9. The lowest BCUT2D eigenvalue weighted by Gasteiger charge is -2.37. The van der Waals surface area contributed by atoms with E-state index >= 15 is 0 Å². The van der Waals surface area contributed by atoms with Gasteiger partial charge in [-0.25, -0.2) is 0 Å². The third-order valence-electron chi connectivity index (χ3n) is 11.4. The summed E-state index contributed by atoms with van der Waals surface area (Å²) in [6.07, 6.45) is 1.49. The second-order valence-electron chi connectivity index (χ2n) is 15.1. The van der Waals surface area contributed by atoms with Crippen LogP contribution in [0.3, 0.4) is 0 Å². The van der Waals surface area contributed by atoms with Gasteiger partial charge in [-0.15, -0.1) is 0 Å². The molecule has 53 heavy (non-hydrogen) atoms. The second kappa shape index (κ2) is 13.4. The molecule has 0 unspecified atom stereocenters. The Balaban J connectivity index is 1.10. The molecule has 0 saturated carbocycles. The molecule has 4 aromatic carbocycles. The minimum absolute atomic E-state index is 0.0212. The van der Waals surface area contributed by atoms with Crippen molar-refractivity contribution in [1.29, 1.82) is 0 Å². The molecule has 0 radical (unpaired) electrons. The summed E-state index contributed by atoms with van der Waals surface area (Å²) in [6.45, 7) is 6.11. The van der Waals surface area contributed by atoms with Gasteiger partial charge < -0.3 is 24.4 Å². The van der Waals surface area contributed by atoms with Crippen LogP contribution in [0.4, 0.5) is 5.69 Å². The molecule has 1 fully saturated rings. The van der Waals surface area contributed by atoms with Gasteiger partial charge in [0.05, 0.1) is 54.7 Å². The number of aliphatic hydroxyl groups is 1. The second-order valence-corrected chi connectivity index (χ2v) is 20.0. The fourth-order valence-electron chi connectivity index (χ4n) is 8.94. The van der Waals surface area contributed by atoms with E-state index in [2.05, 4.69) is 21.0 Å². The van der Waals surface area contributed by atoms with Crippen molar-refractivity contribution in [3.63, 3.8) is 0 Å². The molecule has 5 aromatic rings. The van der Waals surface area contributed by atoms with E-state index in [1.807, 2.05) is 105 Å². The zero-order valence-corrected chi connectivity index (χ0v) is 32.4. The van der Waals surface area contributed by atoms with Crippen LogP contribution in [0.15, 0.2) is 106 Å². The van der Waals surface area contributed by atoms with Crippen LogP contribution in [0, 0.1) is 5.92 Å². The molecular weight excluding hydrogens is 752 g/mol. The predicted molar refractivity (Wildman–Crippen MR) is 208 cm³/mol. The van der Waals surface area contributed by atoms with E-state index in [0.717, 1.165) is 26.5 Å². The van der Waals surface area contributed by atoms with Gasteiger partial charge in [0.25, 0.3) is 11.5 Å². The number of aromatic nitrogens is 2. The van der Waals surface area contributed by atoms with Crippen molar-refractivity contribution in [3.8, 4) is 5.69 Å². The van der Waals surface area contributed by atoms with Gasteiger partial charge in [-0.3, -0.25) is 14.4 Å². The molecule has 2 amide bonds. The highest BCUT2D eigenvalue weighted by molar-refractivity contribution is 9.10. The summed E-state index contributed by atoms with van der Waals surface area (Å²) in [7, 11) is -3.03. The first-order valence-corrected chi connectivity index (χ1v) is 21.8. The average Bonchev–Trinajstić information content (AvgIpc) is 3.57. The highest BCUT2D eigenvalue weighted by atomic mass is 79.9. The van der Waals surface area contributed by atoms with Crippen LogP contribution in [0.1, 0.15) is 35.6 Å². The summed E-state index contributed by atoms with van der Waals surface area (Å²) in [5.41, 5.74) is 2.96. The molecule has 8 rings (SSSR count). The minimum Gasteiger partial charge on any atom is -0.432 e. The number of benzene rings is 4. The average molecular weight is 794 g/mol. The summed E-state index contributed by atoms with van der Waals surface area (Å²) in [5.74, 6) is -0.859. The molecule has 272 valence electrons. The van der Waals surface area contributed by atoms with E-state index in [9.17, 15) is 24.3 Å². The highest BCUT2D eigenvalue weighted by Crippen LogP contribution is 2.60. The Hall–Kier alpha value is -4.46. The van der Waals surface area contributed by atoms with Crippen LogP contribution in [-0.2, 0) is 39.4 Å². The van der Waals surface area contributed by atoms with Crippen molar-refractivity contribution < 1.29 is 24.2 Å². The highest BCUT2D eigenvalue weighted by Gasteiger charge is 2.66. The van der Waals surface area contributed by atoms with Crippen molar-refractivity contribution in [2.24, 2.45) is 5.92 Å². The monoisotopic (exact) mass is 792 g/mol. The Labute approximate surface area is 316 Å². The first-order valence-electron chi connectivity index (χ1n) is 18.0. The van der Waals surface area contributed by atoms with Crippen LogP contribution < -0.4 is 10.5 Å². The number of fused-ring (bicyclic) bond motifs is 4. The Morgan fingerprint density at radius 3 is 2.45 bits per heavy atom. The molecule has 10 nitrogen and oxygen atoms in total. The van der Waals surface area contributed by atoms with Crippen LogP contribution >= 0.6 is 15.9 Å². The molecule has 0 bridgehead atoms. The summed E-state index contributed by atoms with van der Waals surface area (Å²) in [5, 5.41) is 16.0. The maximum absolute atomic E-state index is 14.9. The summed E-state index contributed by atoms with van der Waals surface area (Å²) in [4.78, 5) is 57.5. The van der Waals surface area contributed by atoms with Gasteiger partial charge in [0.1, 0.15) is 0 Å². The zero-order chi connectivity index (χ0) is 37.2. The molecule has 4 heterocycles. The number of carbonyl (C=O) groups is 2. The lowest BCUT2D eigenvalue weighted by Crippen LogP contribution is -2.48. The van der Waals surface area contributed by atoms with Gasteiger partial charge >= 0.3 is 0 Å². The maximum Gasteiger partial charge on any atom is 0.279 e. The van der Waals surface area contributed by atoms with Gasteiger partial charge in [0.2, 0.25) is 5.91 Å². The summed E-state index contributed by atoms with van der Waals surface area (Å²) in [6, 6.07) is 28.1. The van der Waals surface area contributed by atoms with Crippen molar-refractivity contribution in [2.45, 2.75) is 69.2 Å². The number of aliphatic hydroxyl groups excluding tert-OH is 1. The molecule has 0 aliphatic carbocycles. The molecular formula is C41H41BrN4O6Si. The standard InChI is InChI=1S/C41H41BrN4O6Si/c1-25-38(53(2,3)51)36(20-37(48)44-23-29-10-5-4-8-27(29)18-32(44)24-47)52-41(25)34-19-30(42)14-17-35(34)45(40(41)50)22-26-12-15-31(16-13-26)46-39(49)33-11-7-6-9-28(33)21-43-46/h4-17,19,21,25,32,36,38,47,51H,18,20,22-24H2,1-3H3/t25-,32+,36+,38-,41+/m1/s1. The number of halogens is 1. The number of amides is 2. The first-order chi connectivity index (χ1) is 25.4. The molecule has 2 N–H and O–H groups in total. The van der Waals surface area contributed by atoms with E-state index in [1.165, 1.54) is 4.68 Å². The number of anilines is 1. The summed E-state index contributed by atoms with van der Waals surface area (Å²) >= 11 is 3.62. The minimum atomic E-state index is -3.03. The first kappa shape index (κ1) is 35.6. The predicted octanol–water partition coefficient (Wildman–Crippen LogP) is 5.83. The number of hydrogen-bond acceptors (Lipinski definition) is 7. The molecule has 5 atom stereocenters. The molecule has 1 saturated heterocycles. The SMILES string of the molecule is C[C@@H]1[C@@H]([Si](C)(C)O)[C@H](CC(=O)N2Cc3ccccc3C[C@H]2CO)O[C@@]12C(=O)N(Cc1ccc(-n3ncc4ccccc4c3=O)cc1)c1ccc(Br)cc12. The van der Waals surface area contributed by atoms with Crippen LogP contribution in [0.2, 0.25) is 18.6 Å². The molecule has 3 aliphatic rings. The number of rotatable bonds is 7. The van der Waals surface area contributed by atoms with E-state index in [4.69, 9.17) is 4.74 Å². The summed E-state index contributed by atoms with van der Waals surface area (Å²) < 4.78 is 9.11. The molecule has 12 heteroatoms. The van der Waals surface area contributed by atoms with E-state index in [0.29, 0.717) is 35.3 Å². The van der Waals surface area contributed by atoms with Crippen LogP contribution in [-0.4, -0.2) is 63.5 Å². The van der Waals surface area contributed by atoms with Crippen LogP contribution in [0.5, 0.6) is 0 Å². The van der Waals surface area contributed by atoms with Crippen molar-refractivity contribution in [2.75, 3.05) is 11.5 Å². The number of hydrogen-bond donors (Lipinski definition) is 2. The Morgan fingerprint density at radius 2 is 1.72 bits per heavy atom. The van der Waals surface area contributed by atoms with Gasteiger partial charge in [-0.05, 0) is 72.6 Å². The largest absolute Gasteiger partial charge is 0.432 e. The van der Waals surface area contributed by atoms with E-state index in [-0.39, 0.29) is 43.0 Å². The number of carbonyl (C=O) groups excluding carboxylic acids is 2.